The van der Waals surface area contributed by atoms with Crippen molar-refractivity contribution < 1.29 is 91.9 Å². The van der Waals surface area contributed by atoms with Crippen molar-refractivity contribution in [2.24, 2.45) is 0 Å². The van der Waals surface area contributed by atoms with E-state index in [2.05, 4.69) is 15.0 Å². The van der Waals surface area contributed by atoms with E-state index < -0.39 is 189 Å². The molecule has 57 heavy (non-hydrogen) atoms. The van der Waals surface area contributed by atoms with Crippen LogP contribution in [0.4, 0.5) is 11.9 Å². The largest absolute Gasteiger partial charge is 0.362 e. The summed E-state index contributed by atoms with van der Waals surface area (Å²) in [5.74, 6) is -2.06. The van der Waals surface area contributed by atoms with E-state index >= 15 is 0 Å². The second-order valence-corrected chi connectivity index (χ2v) is 37.6. The van der Waals surface area contributed by atoms with E-state index in [1.54, 1.807) is 0 Å². The fraction of sp³-hybridized carbons (Fsp3) is 0.893. The molecule has 1 aromatic heterocycles. The number of aliphatic hydroxyl groups is 18. The van der Waals surface area contributed by atoms with Crippen molar-refractivity contribution in [1.82, 2.24) is 15.0 Å². The van der Waals surface area contributed by atoms with Gasteiger partial charge in [0.2, 0.25) is 11.9 Å². The molecule has 0 aromatic carbocycles. The maximum absolute atomic E-state index is 10.4. The number of rotatable bonds is 33. The molecule has 0 saturated carbocycles. The van der Waals surface area contributed by atoms with Gasteiger partial charge in [-0.3, -0.25) is 9.80 Å². The zero-order valence-electron chi connectivity index (χ0n) is 32.0. The van der Waals surface area contributed by atoms with Crippen molar-refractivity contribution in [2.45, 2.75) is 5.92 Å². The predicted molar refractivity (Wildman–Crippen MR) is 226 cm³/mol. The highest BCUT2D eigenvalue weighted by Crippen LogP contribution is 2.65. The van der Waals surface area contributed by atoms with Crippen LogP contribution in [-0.2, 0) is 0 Å². The molecule has 0 aliphatic rings. The summed E-state index contributed by atoms with van der Waals surface area (Å²) in [5, 5.41) is 187. The van der Waals surface area contributed by atoms with Gasteiger partial charge in [-0.1, -0.05) is 0 Å². The Balaban J connectivity index is 4.66. The Bertz CT molecular complexity index is 995. The van der Waals surface area contributed by atoms with Gasteiger partial charge in [-0.25, -0.2) is 0 Å². The molecule has 336 valence electrons. The van der Waals surface area contributed by atoms with Gasteiger partial charge < -0.3 is 91.9 Å². The molecule has 1 heterocycles. The van der Waals surface area contributed by atoms with Crippen LogP contribution in [0.1, 0.15) is 11.7 Å². The lowest BCUT2D eigenvalue weighted by atomic mass is 10.2. The molecule has 0 saturated heterocycles. The van der Waals surface area contributed by atoms with Crippen LogP contribution < -0.4 is 9.80 Å². The highest BCUT2D eigenvalue weighted by Gasteiger charge is 2.50. The molecule has 0 bridgehead atoms. The lowest BCUT2D eigenvalue weighted by molar-refractivity contribution is 0.308. The molecule has 23 nitrogen and oxygen atoms in total. The number of aliphatic hydroxyl groups excluding tert-OH is 18. The molecule has 0 radical (unpaired) electrons. The average Bonchev–Trinajstić information content (AvgIpc) is 3.28. The fourth-order valence-electron chi connectivity index (χ4n) is 5.47. The summed E-state index contributed by atoms with van der Waals surface area (Å²) >= 11 is 0. The third kappa shape index (κ3) is 14.2. The van der Waals surface area contributed by atoms with Crippen LogP contribution in [0.25, 0.3) is 0 Å². The Kier molecular flexibility index (Phi) is 25.5. The summed E-state index contributed by atoms with van der Waals surface area (Å²) in [6, 6.07) is 0. The highest BCUT2D eigenvalue weighted by molar-refractivity contribution is 7.77. The van der Waals surface area contributed by atoms with Gasteiger partial charge in [0.25, 0.3) is 0 Å². The third-order valence-electron chi connectivity index (χ3n) is 10.1. The zero-order valence-corrected chi connectivity index (χ0v) is 37.4. The van der Waals surface area contributed by atoms with Crippen molar-refractivity contribution in [3.63, 3.8) is 0 Å². The minimum atomic E-state index is -3.17. The van der Waals surface area contributed by atoms with Crippen molar-refractivity contribution in [1.29, 1.82) is 0 Å². The molecule has 0 unspecified atom stereocenters. The monoisotopic (exact) mass is 947 g/mol. The van der Waals surface area contributed by atoms with Crippen molar-refractivity contribution >= 4 is 55.5 Å². The quantitative estimate of drug-likeness (QED) is 0.0296. The second-order valence-electron chi connectivity index (χ2n) is 14.6. The number of hydrogen-bond acceptors (Lipinski definition) is 23. The molecule has 0 aliphatic carbocycles. The topological polar surface area (TPSA) is 409 Å². The molecule has 1 aromatic rings. The van der Waals surface area contributed by atoms with Crippen LogP contribution in [0, 0.1) is 0 Å². The highest BCUT2D eigenvalue weighted by atomic mass is 31.2. The van der Waals surface area contributed by atoms with E-state index in [1.807, 2.05) is 0 Å². The molecular formula is C28H67N5O18P6+6. The molecular weight excluding hydrogens is 880 g/mol. The van der Waals surface area contributed by atoms with Gasteiger partial charge in [-0.2, -0.15) is 15.0 Å². The minimum Gasteiger partial charge on any atom is -0.362 e. The van der Waals surface area contributed by atoms with Crippen LogP contribution in [0.3, 0.4) is 0 Å². The van der Waals surface area contributed by atoms with Crippen LogP contribution in [0.15, 0.2) is 0 Å². The first-order valence-electron chi connectivity index (χ1n) is 17.4. The summed E-state index contributed by atoms with van der Waals surface area (Å²) in [6.07, 6.45) is -14.6. The molecule has 0 fully saturated rings. The molecule has 0 aliphatic heterocycles. The third-order valence-corrected chi connectivity index (χ3v) is 27.1. The lowest BCUT2D eigenvalue weighted by Crippen LogP contribution is -2.38. The van der Waals surface area contributed by atoms with E-state index in [4.69, 9.17) is 0 Å². The molecule has 0 spiro atoms. The normalized spacial score (nSPS) is 13.5. The number of nitrogens with zero attached hydrogens (tertiary/aromatic N) is 5. The van der Waals surface area contributed by atoms with Gasteiger partial charge >= 0.3 is 0 Å². The molecule has 29 heteroatoms. The van der Waals surface area contributed by atoms with E-state index in [-0.39, 0.29) is 30.0 Å². The van der Waals surface area contributed by atoms with E-state index in [9.17, 15) is 91.9 Å². The summed E-state index contributed by atoms with van der Waals surface area (Å²) in [6.45, 7) is 0. The van der Waals surface area contributed by atoms with E-state index in [1.165, 1.54) is 9.80 Å². The maximum Gasteiger partial charge on any atom is 0.236 e. The van der Waals surface area contributed by atoms with Crippen LogP contribution in [-0.4, -0.2) is 259 Å². The molecule has 0 amide bonds. The summed E-state index contributed by atoms with van der Waals surface area (Å²) in [4.78, 5) is 16.5. The molecule has 0 atom stereocenters. The predicted octanol–water partition coefficient (Wildman–Crippen LogP) is -4.40. The van der Waals surface area contributed by atoms with Gasteiger partial charge in [0, 0.05) is 0 Å². The SMILES string of the molecule is OC[P+](CO)(CO)CC(C[P+](CO)(CO)CO)c1nc(N(C[P+](CO)(CO)CO)C[P+](CO)(CO)CO)nc(N(C[P+](CO)(CO)CO)C[P+](CO)(CO)CO)n1. The smallest absolute Gasteiger partial charge is 0.236 e. The Morgan fingerprint density at radius 1 is 0.298 bits per heavy atom. The average molecular weight is 948 g/mol. The van der Waals surface area contributed by atoms with Gasteiger partial charge in [0.15, 0.2) is 114 Å². The maximum atomic E-state index is 10.4. The van der Waals surface area contributed by atoms with E-state index in [0.29, 0.717) is 0 Å². The van der Waals surface area contributed by atoms with Gasteiger partial charge in [-0.05, 0) is 0 Å². The number of hydrogen-bond donors (Lipinski definition) is 18. The fourth-order valence-corrected chi connectivity index (χ4v) is 15.6. The van der Waals surface area contributed by atoms with Crippen molar-refractivity contribution in [3.8, 4) is 0 Å². The number of anilines is 2. The summed E-state index contributed by atoms with van der Waals surface area (Å²) < 4.78 is 0. The Labute approximate surface area is 335 Å². The second kappa shape index (κ2) is 26.2. The first-order chi connectivity index (χ1) is 27.1. The Morgan fingerprint density at radius 2 is 0.491 bits per heavy atom. The summed E-state index contributed by atoms with van der Waals surface area (Å²) in [5.41, 5.74) is 0. The first kappa shape index (κ1) is 55.5. The van der Waals surface area contributed by atoms with Crippen molar-refractivity contribution in [3.05, 3.63) is 5.82 Å². The van der Waals surface area contributed by atoms with Gasteiger partial charge in [-0.15, -0.1) is 0 Å². The standard InChI is InChI=1S/C28H67N5O18P6/c34-7-52(8-35,9-36)1-25(2-53(10-37,11-38)12-39)26-29-27(32(3-54(13-40,14-41)15-42)4-55(16-43,17-44)18-45)31-28(30-26)33(5-56(19-46,20-47)21-48)6-57(22-49,23-50)24-51/h25,34-51H,1-24H2/q+6. The van der Waals surface area contributed by atoms with E-state index in [0.717, 1.165) is 0 Å². The lowest BCUT2D eigenvalue weighted by Gasteiger charge is -2.35. The summed E-state index contributed by atoms with van der Waals surface area (Å²) in [7, 11) is -18.9. The van der Waals surface area contributed by atoms with Crippen LogP contribution in [0.5, 0.6) is 0 Å². The van der Waals surface area contributed by atoms with Crippen LogP contribution in [0.2, 0.25) is 0 Å². The first-order valence-corrected chi connectivity index (χ1v) is 32.6. The molecule has 18 N–H and O–H groups in total. The zero-order chi connectivity index (χ0) is 43.6. The van der Waals surface area contributed by atoms with Crippen LogP contribution >= 0.6 is 43.6 Å². The van der Waals surface area contributed by atoms with Gasteiger partial charge in [0.1, 0.15) is 60.0 Å². The Hall–Kier alpha value is 0.470. The van der Waals surface area contributed by atoms with Crippen molar-refractivity contribution in [2.75, 3.05) is 162 Å². The Morgan fingerprint density at radius 3 is 0.667 bits per heavy atom. The molecule has 1 rings (SSSR count). The van der Waals surface area contributed by atoms with Gasteiger partial charge in [0.05, 0.1) is 32.8 Å². The minimum absolute atomic E-state index is 0.229. The number of aromatic nitrogens is 3.